The van der Waals surface area contributed by atoms with Gasteiger partial charge in [0.15, 0.2) is 0 Å². The highest BCUT2D eigenvalue weighted by molar-refractivity contribution is 6.51. The minimum absolute atomic E-state index is 0.949. The van der Waals surface area contributed by atoms with Crippen molar-refractivity contribution in [2.24, 2.45) is 9.98 Å². The van der Waals surface area contributed by atoms with Crippen LogP contribution in [-0.4, -0.2) is 25.5 Å². The molecule has 0 aliphatic heterocycles. The molecule has 0 radical (unpaired) electrons. The van der Waals surface area contributed by atoms with Crippen LogP contribution in [0.1, 0.15) is 0 Å². The van der Waals surface area contributed by atoms with E-state index in [4.69, 9.17) is 0 Å². The molecule has 1 aliphatic carbocycles. The van der Waals surface area contributed by atoms with Crippen molar-refractivity contribution in [2.75, 3.05) is 14.1 Å². The van der Waals surface area contributed by atoms with Gasteiger partial charge in [0.1, 0.15) is 0 Å². The summed E-state index contributed by atoms with van der Waals surface area (Å²) < 4.78 is 0. The van der Waals surface area contributed by atoms with E-state index < -0.39 is 0 Å². The Bertz CT molecular complexity index is 206. The minimum Gasteiger partial charge on any atom is -0.286 e. The lowest BCUT2D eigenvalue weighted by atomic mass is 10.1. The van der Waals surface area contributed by atoms with E-state index in [1.807, 2.05) is 24.3 Å². The maximum Gasteiger partial charge on any atom is 0.0822 e. The molecule has 0 heterocycles. The van der Waals surface area contributed by atoms with E-state index in [1.165, 1.54) is 0 Å². The van der Waals surface area contributed by atoms with Crippen LogP contribution in [0.2, 0.25) is 0 Å². The molecule has 2 heteroatoms. The fourth-order valence-corrected chi connectivity index (χ4v) is 0.842. The third kappa shape index (κ3) is 1.21. The number of aliphatic imine (C=N–C) groups is 2. The van der Waals surface area contributed by atoms with Crippen LogP contribution in [0.3, 0.4) is 0 Å². The van der Waals surface area contributed by atoms with Gasteiger partial charge in [0.05, 0.1) is 11.4 Å². The van der Waals surface area contributed by atoms with E-state index in [1.54, 1.807) is 14.1 Å². The van der Waals surface area contributed by atoms with Gasteiger partial charge in [-0.1, -0.05) is 12.2 Å². The molecule has 2 nitrogen and oxygen atoms in total. The normalized spacial score (nSPS) is 24.6. The van der Waals surface area contributed by atoms with Crippen LogP contribution in [0, 0.1) is 0 Å². The highest BCUT2D eigenvalue weighted by atomic mass is 14.8. The predicted molar refractivity (Wildman–Crippen MR) is 45.0 cm³/mol. The van der Waals surface area contributed by atoms with E-state index in [-0.39, 0.29) is 0 Å². The van der Waals surface area contributed by atoms with Crippen molar-refractivity contribution < 1.29 is 0 Å². The smallest absolute Gasteiger partial charge is 0.0822 e. The zero-order valence-electron chi connectivity index (χ0n) is 6.20. The largest absolute Gasteiger partial charge is 0.286 e. The molecule has 52 valence electrons. The van der Waals surface area contributed by atoms with Gasteiger partial charge < -0.3 is 0 Å². The Hall–Kier alpha value is -1.18. The summed E-state index contributed by atoms with van der Waals surface area (Å²) in [4.78, 5) is 8.10. The monoisotopic (exact) mass is 134 g/mol. The lowest BCUT2D eigenvalue weighted by molar-refractivity contribution is 1.42. The molecule has 10 heavy (non-hydrogen) atoms. The molecule has 0 aromatic carbocycles. The van der Waals surface area contributed by atoms with E-state index in [0.29, 0.717) is 0 Å². The lowest BCUT2D eigenvalue weighted by Crippen LogP contribution is -2.10. The quantitative estimate of drug-likeness (QED) is 0.445. The van der Waals surface area contributed by atoms with E-state index in [0.717, 1.165) is 11.4 Å². The first kappa shape index (κ1) is 6.93. The number of allylic oxidation sites excluding steroid dienone is 4. The summed E-state index contributed by atoms with van der Waals surface area (Å²) in [7, 11) is 3.54. The Balaban J connectivity index is 2.96. The molecular formula is C8H10N2. The van der Waals surface area contributed by atoms with Crippen LogP contribution in [0.5, 0.6) is 0 Å². The van der Waals surface area contributed by atoms with Crippen LogP contribution in [0.4, 0.5) is 0 Å². The zero-order valence-corrected chi connectivity index (χ0v) is 6.20. The van der Waals surface area contributed by atoms with Crippen LogP contribution < -0.4 is 0 Å². The molecule has 0 bridgehead atoms. The number of nitrogens with zero attached hydrogens (tertiary/aromatic N) is 2. The molecule has 0 fully saturated rings. The third-order valence-corrected chi connectivity index (χ3v) is 1.36. The summed E-state index contributed by atoms with van der Waals surface area (Å²) in [6.45, 7) is 0. The Labute approximate surface area is 60.7 Å². The maximum atomic E-state index is 4.05. The van der Waals surface area contributed by atoms with Crippen LogP contribution in [0.25, 0.3) is 0 Å². The SMILES string of the molecule is C/N=C1/C=CC=C/C1=N/C. The van der Waals surface area contributed by atoms with Crippen molar-refractivity contribution >= 4 is 11.4 Å². The standard InChI is InChI=1S/C8H10N2/c1-9-7-5-3-4-6-8(7)10-2/h3-6H,1-2H3/b9-7-,10-8-. The Morgan fingerprint density at radius 3 is 1.60 bits per heavy atom. The molecular weight excluding hydrogens is 124 g/mol. The van der Waals surface area contributed by atoms with Gasteiger partial charge in [-0.2, -0.15) is 0 Å². The molecule has 1 rings (SSSR count). The van der Waals surface area contributed by atoms with Crippen molar-refractivity contribution in [3.05, 3.63) is 24.3 Å². The first-order chi connectivity index (χ1) is 4.88. The molecule has 0 aromatic rings. The van der Waals surface area contributed by atoms with Gasteiger partial charge in [-0.05, 0) is 12.2 Å². The van der Waals surface area contributed by atoms with E-state index in [2.05, 4.69) is 9.98 Å². The Morgan fingerprint density at radius 2 is 1.30 bits per heavy atom. The van der Waals surface area contributed by atoms with Crippen molar-refractivity contribution in [3.8, 4) is 0 Å². The molecule has 0 atom stereocenters. The fourth-order valence-electron chi connectivity index (χ4n) is 0.842. The van der Waals surface area contributed by atoms with E-state index >= 15 is 0 Å². The van der Waals surface area contributed by atoms with Crippen molar-refractivity contribution in [1.29, 1.82) is 0 Å². The summed E-state index contributed by atoms with van der Waals surface area (Å²) in [5.74, 6) is 0. The van der Waals surface area contributed by atoms with Gasteiger partial charge in [-0.25, -0.2) is 0 Å². The van der Waals surface area contributed by atoms with Crippen molar-refractivity contribution in [1.82, 2.24) is 0 Å². The first-order valence-corrected chi connectivity index (χ1v) is 3.17. The van der Waals surface area contributed by atoms with Gasteiger partial charge in [0, 0.05) is 14.1 Å². The highest BCUT2D eigenvalue weighted by Crippen LogP contribution is 1.96. The van der Waals surface area contributed by atoms with Gasteiger partial charge in [0.2, 0.25) is 0 Å². The van der Waals surface area contributed by atoms with Crippen molar-refractivity contribution in [2.45, 2.75) is 0 Å². The van der Waals surface area contributed by atoms with Gasteiger partial charge >= 0.3 is 0 Å². The summed E-state index contributed by atoms with van der Waals surface area (Å²) >= 11 is 0. The number of rotatable bonds is 0. The predicted octanol–water partition coefficient (Wildman–Crippen LogP) is 1.25. The molecule has 0 unspecified atom stereocenters. The molecule has 0 spiro atoms. The van der Waals surface area contributed by atoms with Gasteiger partial charge in [-0.15, -0.1) is 0 Å². The molecule has 0 amide bonds. The highest BCUT2D eigenvalue weighted by Gasteiger charge is 2.01. The second kappa shape index (κ2) is 3.11. The molecule has 0 N–H and O–H groups in total. The molecule has 1 aliphatic rings. The second-order valence-corrected chi connectivity index (χ2v) is 1.94. The molecule has 0 saturated heterocycles. The first-order valence-electron chi connectivity index (χ1n) is 3.17. The zero-order chi connectivity index (χ0) is 7.40. The third-order valence-electron chi connectivity index (χ3n) is 1.36. The average Bonchev–Trinajstić information content (AvgIpc) is 2.04. The number of hydrogen-bond acceptors (Lipinski definition) is 2. The summed E-state index contributed by atoms with van der Waals surface area (Å²) in [5.41, 5.74) is 1.90. The average molecular weight is 134 g/mol. The maximum absolute atomic E-state index is 4.05. The number of hydrogen-bond donors (Lipinski definition) is 0. The minimum atomic E-state index is 0.949. The summed E-state index contributed by atoms with van der Waals surface area (Å²) in [5, 5.41) is 0. The second-order valence-electron chi connectivity index (χ2n) is 1.94. The summed E-state index contributed by atoms with van der Waals surface area (Å²) in [6.07, 6.45) is 7.80. The van der Waals surface area contributed by atoms with Crippen LogP contribution in [0.15, 0.2) is 34.3 Å². The lowest BCUT2D eigenvalue weighted by Gasteiger charge is -2.01. The van der Waals surface area contributed by atoms with Crippen LogP contribution in [-0.2, 0) is 0 Å². The van der Waals surface area contributed by atoms with Crippen LogP contribution >= 0.6 is 0 Å². The molecule has 0 saturated carbocycles. The fraction of sp³-hybridized carbons (Fsp3) is 0.250. The topological polar surface area (TPSA) is 24.7 Å². The van der Waals surface area contributed by atoms with E-state index in [9.17, 15) is 0 Å². The van der Waals surface area contributed by atoms with Gasteiger partial charge in [0.25, 0.3) is 0 Å². The summed E-state index contributed by atoms with van der Waals surface area (Å²) in [6, 6.07) is 0. The Morgan fingerprint density at radius 1 is 0.900 bits per heavy atom. The molecule has 0 aromatic heterocycles. The Kier molecular flexibility index (Phi) is 2.15. The van der Waals surface area contributed by atoms with Crippen molar-refractivity contribution in [3.63, 3.8) is 0 Å². The van der Waals surface area contributed by atoms with Gasteiger partial charge in [-0.3, -0.25) is 9.98 Å².